The van der Waals surface area contributed by atoms with Crippen LogP contribution in [0, 0.1) is 17.1 Å². The van der Waals surface area contributed by atoms with E-state index in [2.05, 4.69) is 0 Å². The van der Waals surface area contributed by atoms with Crippen molar-refractivity contribution in [3.05, 3.63) is 52.3 Å². The second kappa shape index (κ2) is 9.89. The lowest BCUT2D eigenvalue weighted by atomic mass is 10.2. The van der Waals surface area contributed by atoms with Crippen LogP contribution < -0.4 is 9.47 Å². The lowest BCUT2D eigenvalue weighted by Crippen LogP contribution is -2.31. The molecule has 0 saturated carbocycles. The van der Waals surface area contributed by atoms with E-state index >= 15 is 0 Å². The quantitative estimate of drug-likeness (QED) is 0.441. The van der Waals surface area contributed by atoms with Gasteiger partial charge in [-0.1, -0.05) is 25.4 Å². The van der Waals surface area contributed by atoms with Crippen LogP contribution in [0.15, 0.2) is 35.2 Å². The van der Waals surface area contributed by atoms with Crippen LogP contribution in [0.3, 0.4) is 0 Å². The number of halogens is 2. The number of hydrogen-bond donors (Lipinski definition) is 0. The van der Waals surface area contributed by atoms with Gasteiger partial charge in [0.25, 0.3) is 0 Å². The molecule has 10 heteroatoms. The van der Waals surface area contributed by atoms with E-state index in [1.165, 1.54) is 12.1 Å². The molecule has 0 heterocycles. The molecule has 0 aliphatic carbocycles. The first-order chi connectivity index (χ1) is 14.2. The van der Waals surface area contributed by atoms with Crippen molar-refractivity contribution in [2.45, 2.75) is 25.7 Å². The van der Waals surface area contributed by atoms with Crippen LogP contribution in [-0.2, 0) is 10.0 Å². The fourth-order valence-electron chi connectivity index (χ4n) is 2.68. The average Bonchev–Trinajstić information content (AvgIpc) is 2.71. The normalized spacial score (nSPS) is 11.2. The number of esters is 1. The van der Waals surface area contributed by atoms with Gasteiger partial charge < -0.3 is 9.47 Å². The number of carbonyl (C=O) groups is 1. The summed E-state index contributed by atoms with van der Waals surface area (Å²) >= 11 is 6.12. The summed E-state index contributed by atoms with van der Waals surface area (Å²) < 4.78 is 51.4. The number of ether oxygens (including phenoxy) is 2. The Balaban J connectivity index is 2.46. The van der Waals surface area contributed by atoms with Crippen molar-refractivity contribution in [2.75, 3.05) is 19.7 Å². The zero-order valence-corrected chi connectivity index (χ0v) is 18.2. The van der Waals surface area contributed by atoms with Crippen molar-refractivity contribution >= 4 is 27.6 Å². The van der Waals surface area contributed by atoms with Crippen LogP contribution in [-0.4, -0.2) is 38.4 Å². The van der Waals surface area contributed by atoms with Gasteiger partial charge in [-0.3, -0.25) is 0 Å². The van der Waals surface area contributed by atoms with Gasteiger partial charge in [-0.05, 0) is 31.2 Å². The van der Waals surface area contributed by atoms with Crippen molar-refractivity contribution in [1.29, 1.82) is 5.26 Å². The highest BCUT2D eigenvalue weighted by Gasteiger charge is 2.27. The van der Waals surface area contributed by atoms with Crippen molar-refractivity contribution in [3.63, 3.8) is 0 Å². The minimum atomic E-state index is -4.13. The molecule has 160 valence electrons. The van der Waals surface area contributed by atoms with E-state index in [1.807, 2.05) is 6.07 Å². The maximum Gasteiger partial charge on any atom is 0.343 e. The van der Waals surface area contributed by atoms with E-state index in [9.17, 15) is 17.6 Å². The second-order valence-corrected chi connectivity index (χ2v) is 8.27. The summed E-state index contributed by atoms with van der Waals surface area (Å²) in [5.41, 5.74) is 0.0163. The summed E-state index contributed by atoms with van der Waals surface area (Å²) in [5.74, 6) is -1.99. The van der Waals surface area contributed by atoms with E-state index < -0.39 is 26.7 Å². The molecular weight excluding hydrogens is 435 g/mol. The van der Waals surface area contributed by atoms with Crippen LogP contribution in [0.5, 0.6) is 11.5 Å². The van der Waals surface area contributed by atoms with Crippen LogP contribution >= 0.6 is 11.6 Å². The zero-order chi connectivity index (χ0) is 22.5. The number of carbonyl (C=O) groups excluding carboxylic acids is 1. The van der Waals surface area contributed by atoms with Crippen LogP contribution in [0.2, 0.25) is 5.02 Å². The Morgan fingerprint density at radius 2 is 1.87 bits per heavy atom. The van der Waals surface area contributed by atoms with Gasteiger partial charge in [0.05, 0.1) is 28.8 Å². The van der Waals surface area contributed by atoms with Crippen molar-refractivity contribution < 1.29 is 27.1 Å². The molecule has 0 aliphatic rings. The second-order valence-electron chi connectivity index (χ2n) is 5.95. The minimum absolute atomic E-state index is 0.0380. The summed E-state index contributed by atoms with van der Waals surface area (Å²) in [6.07, 6.45) is 0. The van der Waals surface area contributed by atoms with Gasteiger partial charge in [0.1, 0.15) is 10.7 Å². The highest BCUT2D eigenvalue weighted by Crippen LogP contribution is 2.37. The fraction of sp³-hybridized carbons (Fsp3) is 0.300. The molecule has 2 rings (SSSR count). The van der Waals surface area contributed by atoms with Gasteiger partial charge in [0.15, 0.2) is 11.5 Å². The minimum Gasteiger partial charge on any atom is -0.490 e. The molecule has 0 N–H and O–H groups in total. The summed E-state index contributed by atoms with van der Waals surface area (Å²) in [7, 11) is -4.13. The number of nitrogens with zero attached hydrogens (tertiary/aromatic N) is 2. The smallest absolute Gasteiger partial charge is 0.343 e. The summed E-state index contributed by atoms with van der Waals surface area (Å²) in [6.45, 7) is 5.46. The molecule has 7 nitrogen and oxygen atoms in total. The maximum absolute atomic E-state index is 14.3. The Morgan fingerprint density at radius 1 is 1.20 bits per heavy atom. The molecule has 0 fully saturated rings. The third-order valence-corrected chi connectivity index (χ3v) is 6.47. The Morgan fingerprint density at radius 3 is 2.43 bits per heavy atom. The summed E-state index contributed by atoms with van der Waals surface area (Å²) in [5, 5.41) is 9.02. The first-order valence-electron chi connectivity index (χ1n) is 9.07. The first kappa shape index (κ1) is 23.6. The van der Waals surface area contributed by atoms with E-state index in [-0.39, 0.29) is 47.3 Å². The molecule has 2 aromatic carbocycles. The van der Waals surface area contributed by atoms with Gasteiger partial charge in [0, 0.05) is 19.2 Å². The Hall–Kier alpha value is -2.67. The number of sulfonamides is 1. The number of benzene rings is 2. The molecule has 0 spiro atoms. The molecule has 0 amide bonds. The maximum atomic E-state index is 14.3. The van der Waals surface area contributed by atoms with Gasteiger partial charge >= 0.3 is 5.97 Å². The van der Waals surface area contributed by atoms with Gasteiger partial charge in [-0.2, -0.15) is 9.57 Å². The van der Waals surface area contributed by atoms with Crippen LogP contribution in [0.4, 0.5) is 4.39 Å². The Kier molecular flexibility index (Phi) is 7.78. The molecule has 0 unspecified atom stereocenters. The average molecular weight is 455 g/mol. The predicted octanol–water partition coefficient (Wildman–Crippen LogP) is 4.00. The molecule has 0 saturated heterocycles. The summed E-state index contributed by atoms with van der Waals surface area (Å²) in [6, 6.07) is 7.49. The largest absolute Gasteiger partial charge is 0.490 e. The van der Waals surface area contributed by atoms with Gasteiger partial charge in [-0.15, -0.1) is 0 Å². The van der Waals surface area contributed by atoms with Gasteiger partial charge in [0.2, 0.25) is 10.0 Å². The molecule has 0 aromatic heterocycles. The standard InChI is InChI=1S/C20H20ClFN2O5S/c1-4-24(5-2)30(26,27)18-11-14(7-8-16(18)22)20(25)29-19-15(21)9-13(12-23)10-17(19)28-6-3/h7-11H,4-6H2,1-3H3. The summed E-state index contributed by atoms with van der Waals surface area (Å²) in [4.78, 5) is 12.0. The highest BCUT2D eigenvalue weighted by atomic mass is 35.5. The number of hydrogen-bond acceptors (Lipinski definition) is 6. The fourth-order valence-corrected chi connectivity index (χ4v) is 4.47. The van der Waals surface area contributed by atoms with E-state index in [0.717, 1.165) is 22.5 Å². The highest BCUT2D eigenvalue weighted by molar-refractivity contribution is 7.89. The lowest BCUT2D eigenvalue weighted by molar-refractivity contribution is 0.0728. The Bertz CT molecular complexity index is 1100. The number of nitriles is 1. The first-order valence-corrected chi connectivity index (χ1v) is 10.9. The molecule has 30 heavy (non-hydrogen) atoms. The topological polar surface area (TPSA) is 96.7 Å². The molecule has 2 aromatic rings. The lowest BCUT2D eigenvalue weighted by Gasteiger charge is -2.19. The van der Waals surface area contributed by atoms with Crippen LogP contribution in [0.1, 0.15) is 36.7 Å². The van der Waals surface area contributed by atoms with E-state index in [1.54, 1.807) is 20.8 Å². The zero-order valence-electron chi connectivity index (χ0n) is 16.6. The monoisotopic (exact) mass is 454 g/mol. The van der Waals surface area contributed by atoms with E-state index in [4.69, 9.17) is 26.3 Å². The number of rotatable bonds is 8. The molecule has 0 bridgehead atoms. The molecule has 0 atom stereocenters. The molecule has 0 radical (unpaired) electrons. The van der Waals surface area contributed by atoms with Gasteiger partial charge in [-0.25, -0.2) is 17.6 Å². The van der Waals surface area contributed by atoms with Crippen molar-refractivity contribution in [3.8, 4) is 17.6 Å². The molecule has 0 aliphatic heterocycles. The predicted molar refractivity (Wildman–Crippen MR) is 109 cm³/mol. The van der Waals surface area contributed by atoms with E-state index in [0.29, 0.717) is 0 Å². The Labute approximate surface area is 179 Å². The third kappa shape index (κ3) is 4.90. The third-order valence-electron chi connectivity index (χ3n) is 4.12. The van der Waals surface area contributed by atoms with Crippen molar-refractivity contribution in [2.24, 2.45) is 0 Å². The molecular formula is C20H20ClFN2O5S. The van der Waals surface area contributed by atoms with Crippen molar-refractivity contribution in [1.82, 2.24) is 4.31 Å². The SMILES string of the molecule is CCOc1cc(C#N)cc(Cl)c1OC(=O)c1ccc(F)c(S(=O)(=O)N(CC)CC)c1. The van der Waals surface area contributed by atoms with Crippen LogP contribution in [0.25, 0.3) is 0 Å².